The maximum Gasteiger partial charge on any atom is 0.261 e. The lowest BCUT2D eigenvalue weighted by Gasteiger charge is -2.12. The number of benzene rings is 2. The Labute approximate surface area is 127 Å². The van der Waals surface area contributed by atoms with Crippen molar-refractivity contribution in [2.75, 3.05) is 10.5 Å². The highest BCUT2D eigenvalue weighted by atomic mass is 35.5. The van der Waals surface area contributed by atoms with E-state index in [1.54, 1.807) is 19.1 Å². The first-order valence-electron chi connectivity index (χ1n) is 5.64. The fraction of sp³-hybridized carbons (Fsp3) is 0.0769. The van der Waals surface area contributed by atoms with Crippen molar-refractivity contribution in [3.05, 3.63) is 52.0 Å². The molecule has 106 valence electrons. The Morgan fingerprint density at radius 3 is 2.25 bits per heavy atom. The van der Waals surface area contributed by atoms with E-state index >= 15 is 0 Å². The van der Waals surface area contributed by atoms with Crippen LogP contribution in [-0.4, -0.2) is 8.42 Å². The fourth-order valence-electron chi connectivity index (χ4n) is 1.59. The molecule has 0 heterocycles. The van der Waals surface area contributed by atoms with Crippen molar-refractivity contribution in [1.29, 1.82) is 0 Å². The van der Waals surface area contributed by atoms with Crippen LogP contribution in [0, 0.1) is 6.92 Å². The lowest BCUT2D eigenvalue weighted by molar-refractivity contribution is 0.601. The monoisotopic (exact) mass is 330 g/mol. The maximum atomic E-state index is 12.3. The van der Waals surface area contributed by atoms with E-state index in [4.69, 9.17) is 28.9 Å². The van der Waals surface area contributed by atoms with Crippen LogP contribution in [0.15, 0.2) is 41.3 Å². The quantitative estimate of drug-likeness (QED) is 0.843. The summed E-state index contributed by atoms with van der Waals surface area (Å²) in [5.41, 5.74) is 6.91. The van der Waals surface area contributed by atoms with Crippen molar-refractivity contribution >= 4 is 44.6 Å². The van der Waals surface area contributed by atoms with Gasteiger partial charge in [-0.3, -0.25) is 4.72 Å². The van der Waals surface area contributed by atoms with E-state index < -0.39 is 10.0 Å². The lowest BCUT2D eigenvalue weighted by atomic mass is 10.2. The minimum atomic E-state index is -3.77. The molecule has 4 nitrogen and oxygen atoms in total. The van der Waals surface area contributed by atoms with Gasteiger partial charge in [-0.1, -0.05) is 29.3 Å². The standard InChI is InChI=1S/C13H12Cl2N2O2S/c1-8-2-7-11(14)13(12(8)15)17-20(18,19)10-5-3-9(16)4-6-10/h2-7,17H,16H2,1H3. The minimum Gasteiger partial charge on any atom is -0.399 e. The molecule has 0 aliphatic rings. The highest BCUT2D eigenvalue weighted by molar-refractivity contribution is 7.92. The summed E-state index contributed by atoms with van der Waals surface area (Å²) < 4.78 is 26.9. The van der Waals surface area contributed by atoms with E-state index in [0.717, 1.165) is 5.56 Å². The van der Waals surface area contributed by atoms with Gasteiger partial charge in [0.1, 0.15) is 0 Å². The molecule has 7 heteroatoms. The average molecular weight is 331 g/mol. The van der Waals surface area contributed by atoms with E-state index in [1.807, 2.05) is 0 Å². The Morgan fingerprint density at radius 1 is 1.05 bits per heavy atom. The van der Waals surface area contributed by atoms with E-state index in [2.05, 4.69) is 4.72 Å². The van der Waals surface area contributed by atoms with Crippen molar-refractivity contribution in [2.45, 2.75) is 11.8 Å². The Kier molecular flexibility index (Phi) is 4.13. The molecule has 0 aliphatic heterocycles. The van der Waals surface area contributed by atoms with Crippen LogP contribution in [0.2, 0.25) is 10.0 Å². The molecule has 0 amide bonds. The Hall–Kier alpha value is -1.43. The van der Waals surface area contributed by atoms with E-state index in [-0.39, 0.29) is 20.6 Å². The molecule has 0 radical (unpaired) electrons. The minimum absolute atomic E-state index is 0.0836. The van der Waals surface area contributed by atoms with Gasteiger partial charge in [0.05, 0.1) is 20.6 Å². The molecule has 0 aromatic heterocycles. The smallest absolute Gasteiger partial charge is 0.261 e. The summed E-state index contributed by atoms with van der Waals surface area (Å²) in [6, 6.07) is 9.14. The van der Waals surface area contributed by atoms with Crippen molar-refractivity contribution in [1.82, 2.24) is 0 Å². The zero-order chi connectivity index (χ0) is 14.9. The van der Waals surface area contributed by atoms with Gasteiger partial charge in [0, 0.05) is 5.69 Å². The fourth-order valence-corrected chi connectivity index (χ4v) is 3.26. The second-order valence-electron chi connectivity index (χ2n) is 4.23. The lowest BCUT2D eigenvalue weighted by Crippen LogP contribution is -2.13. The summed E-state index contributed by atoms with van der Waals surface area (Å²) >= 11 is 12.1. The van der Waals surface area contributed by atoms with Crippen molar-refractivity contribution < 1.29 is 8.42 Å². The Morgan fingerprint density at radius 2 is 1.65 bits per heavy atom. The predicted molar refractivity (Wildman–Crippen MR) is 82.9 cm³/mol. The SMILES string of the molecule is Cc1ccc(Cl)c(NS(=O)(=O)c2ccc(N)cc2)c1Cl. The molecule has 0 saturated carbocycles. The van der Waals surface area contributed by atoms with Crippen LogP contribution < -0.4 is 10.5 Å². The molecule has 2 aromatic rings. The number of sulfonamides is 1. The van der Waals surface area contributed by atoms with Gasteiger partial charge in [-0.05, 0) is 42.8 Å². The van der Waals surface area contributed by atoms with Crippen LogP contribution >= 0.6 is 23.2 Å². The molecule has 0 unspecified atom stereocenters. The summed E-state index contributed by atoms with van der Waals surface area (Å²) in [6.07, 6.45) is 0. The molecular formula is C13H12Cl2N2O2S. The molecule has 3 N–H and O–H groups in total. The van der Waals surface area contributed by atoms with Crippen LogP contribution in [0.5, 0.6) is 0 Å². The van der Waals surface area contributed by atoms with Crippen LogP contribution in [0.1, 0.15) is 5.56 Å². The first-order valence-corrected chi connectivity index (χ1v) is 7.88. The second kappa shape index (κ2) is 5.52. The highest BCUT2D eigenvalue weighted by Gasteiger charge is 2.18. The summed E-state index contributed by atoms with van der Waals surface area (Å²) in [7, 11) is -3.77. The van der Waals surface area contributed by atoms with Crippen molar-refractivity contribution in [2.24, 2.45) is 0 Å². The van der Waals surface area contributed by atoms with Crippen LogP contribution in [0.3, 0.4) is 0 Å². The number of hydrogen-bond donors (Lipinski definition) is 2. The largest absolute Gasteiger partial charge is 0.399 e. The van der Waals surface area contributed by atoms with Gasteiger partial charge in [-0.2, -0.15) is 0 Å². The van der Waals surface area contributed by atoms with Crippen LogP contribution in [0.25, 0.3) is 0 Å². The molecule has 20 heavy (non-hydrogen) atoms. The molecule has 0 fully saturated rings. The number of nitrogen functional groups attached to an aromatic ring is 1. The van der Waals surface area contributed by atoms with Gasteiger partial charge >= 0.3 is 0 Å². The summed E-state index contributed by atoms with van der Waals surface area (Å²) in [5, 5.41) is 0.510. The third-order valence-electron chi connectivity index (χ3n) is 2.71. The maximum absolute atomic E-state index is 12.3. The van der Waals surface area contributed by atoms with Crippen molar-refractivity contribution in [3.8, 4) is 0 Å². The zero-order valence-corrected chi connectivity index (χ0v) is 12.9. The van der Waals surface area contributed by atoms with Gasteiger partial charge in [0.2, 0.25) is 0 Å². The van der Waals surface area contributed by atoms with Gasteiger partial charge in [-0.15, -0.1) is 0 Å². The van der Waals surface area contributed by atoms with E-state index in [0.29, 0.717) is 5.69 Å². The van der Waals surface area contributed by atoms with Crippen LogP contribution in [0.4, 0.5) is 11.4 Å². The molecule has 0 aliphatic carbocycles. The Bertz CT molecular complexity index is 744. The second-order valence-corrected chi connectivity index (χ2v) is 6.70. The number of nitrogens with one attached hydrogen (secondary N) is 1. The predicted octanol–water partition coefficient (Wildman–Crippen LogP) is 3.68. The van der Waals surface area contributed by atoms with Gasteiger partial charge < -0.3 is 5.73 Å². The first kappa shape index (κ1) is 15.0. The topological polar surface area (TPSA) is 72.2 Å². The molecule has 2 aromatic carbocycles. The van der Waals surface area contributed by atoms with E-state index in [9.17, 15) is 8.42 Å². The number of nitrogens with two attached hydrogens (primary N) is 1. The normalized spacial score (nSPS) is 11.3. The third-order valence-corrected chi connectivity index (χ3v) is 4.88. The Balaban J connectivity index is 2.43. The number of halogens is 2. The molecule has 0 bridgehead atoms. The summed E-state index contributed by atoms with van der Waals surface area (Å²) in [5.74, 6) is 0. The van der Waals surface area contributed by atoms with Crippen LogP contribution in [-0.2, 0) is 10.0 Å². The van der Waals surface area contributed by atoms with E-state index in [1.165, 1.54) is 24.3 Å². The first-order chi connectivity index (χ1) is 9.31. The molecule has 0 saturated heterocycles. The third kappa shape index (κ3) is 3.00. The van der Waals surface area contributed by atoms with Gasteiger partial charge in [0.25, 0.3) is 10.0 Å². The van der Waals surface area contributed by atoms with Crippen molar-refractivity contribution in [3.63, 3.8) is 0 Å². The number of rotatable bonds is 3. The number of anilines is 2. The highest BCUT2D eigenvalue weighted by Crippen LogP contribution is 2.34. The summed E-state index contributed by atoms with van der Waals surface area (Å²) in [4.78, 5) is 0.0836. The average Bonchev–Trinajstić information content (AvgIpc) is 2.40. The number of hydrogen-bond acceptors (Lipinski definition) is 3. The molecular weight excluding hydrogens is 319 g/mol. The van der Waals surface area contributed by atoms with Gasteiger partial charge in [0.15, 0.2) is 0 Å². The molecule has 0 spiro atoms. The molecule has 2 rings (SSSR count). The number of aryl methyl sites for hydroxylation is 1. The van der Waals surface area contributed by atoms with Gasteiger partial charge in [-0.25, -0.2) is 8.42 Å². The zero-order valence-electron chi connectivity index (χ0n) is 10.5. The summed E-state index contributed by atoms with van der Waals surface area (Å²) in [6.45, 7) is 1.76. The molecule has 0 atom stereocenters.